The lowest BCUT2D eigenvalue weighted by Crippen LogP contribution is -1.82. The molecule has 0 aliphatic rings. The van der Waals surface area contributed by atoms with Gasteiger partial charge in [0.1, 0.15) is 0 Å². The zero-order valence-electron chi connectivity index (χ0n) is 12.4. The van der Waals surface area contributed by atoms with Crippen molar-refractivity contribution in [3.05, 3.63) is 11.6 Å². The second-order valence-electron chi connectivity index (χ2n) is 5.39. The van der Waals surface area contributed by atoms with Crippen LogP contribution >= 0.6 is 11.6 Å². The van der Waals surface area contributed by atoms with Crippen molar-refractivity contribution in [2.24, 2.45) is 0 Å². The van der Waals surface area contributed by atoms with E-state index in [1.807, 2.05) is 0 Å². The van der Waals surface area contributed by atoms with Crippen LogP contribution in [0.15, 0.2) is 11.6 Å². The van der Waals surface area contributed by atoms with E-state index in [1.54, 1.807) is 5.54 Å². The Kier molecular flexibility index (Phi) is 17.1. The van der Waals surface area contributed by atoms with Gasteiger partial charge in [-0.3, -0.25) is 0 Å². The summed E-state index contributed by atoms with van der Waals surface area (Å²) in [4.78, 5) is 0. The topological polar surface area (TPSA) is 0 Å². The number of rotatable bonds is 14. The lowest BCUT2D eigenvalue weighted by atomic mass is 10.0. The standard InChI is InChI=1S/C17H33Cl/c1-2-3-4-5-6-7-8-9-10-11-12-13-14-15-16-17-18/h16-17H,2-15H2,1H3. The Morgan fingerprint density at radius 2 is 1.00 bits per heavy atom. The van der Waals surface area contributed by atoms with Crippen molar-refractivity contribution in [3.8, 4) is 0 Å². The fraction of sp³-hybridized carbons (Fsp3) is 0.882. The zero-order chi connectivity index (χ0) is 13.3. The third-order valence-corrected chi connectivity index (χ3v) is 3.74. The van der Waals surface area contributed by atoms with Gasteiger partial charge >= 0.3 is 0 Å². The van der Waals surface area contributed by atoms with E-state index in [9.17, 15) is 0 Å². The third kappa shape index (κ3) is 16.0. The summed E-state index contributed by atoms with van der Waals surface area (Å²) >= 11 is 5.47. The van der Waals surface area contributed by atoms with Crippen LogP contribution in [0.5, 0.6) is 0 Å². The summed E-state index contributed by atoms with van der Waals surface area (Å²) < 4.78 is 0. The molecule has 0 rings (SSSR count). The Hall–Kier alpha value is 0.0300. The first-order chi connectivity index (χ1) is 8.91. The first-order valence-electron chi connectivity index (χ1n) is 8.17. The predicted molar refractivity (Wildman–Crippen MR) is 85.3 cm³/mol. The smallest absolute Gasteiger partial charge is 0.000245 e. The molecule has 0 nitrogen and oxygen atoms in total. The van der Waals surface area contributed by atoms with E-state index in [2.05, 4.69) is 13.0 Å². The molecule has 0 saturated carbocycles. The van der Waals surface area contributed by atoms with Gasteiger partial charge in [0.05, 0.1) is 0 Å². The highest BCUT2D eigenvalue weighted by Crippen LogP contribution is 2.12. The molecule has 1 heteroatoms. The highest BCUT2D eigenvalue weighted by molar-refractivity contribution is 6.25. The molecule has 0 aromatic heterocycles. The van der Waals surface area contributed by atoms with Gasteiger partial charge < -0.3 is 0 Å². The Morgan fingerprint density at radius 3 is 1.39 bits per heavy atom. The fourth-order valence-corrected chi connectivity index (χ4v) is 2.47. The SMILES string of the molecule is CCCCCCCCCCCCCCCC=CCl. The van der Waals surface area contributed by atoms with Crippen LogP contribution in [0.25, 0.3) is 0 Å². The molecule has 0 bridgehead atoms. The molecule has 0 aliphatic heterocycles. The number of hydrogen-bond acceptors (Lipinski definition) is 0. The molecule has 0 N–H and O–H groups in total. The van der Waals surface area contributed by atoms with E-state index in [-0.39, 0.29) is 0 Å². The van der Waals surface area contributed by atoms with Gasteiger partial charge in [-0.2, -0.15) is 0 Å². The average Bonchev–Trinajstić information content (AvgIpc) is 2.39. The van der Waals surface area contributed by atoms with Crippen LogP contribution in [0, 0.1) is 0 Å². The van der Waals surface area contributed by atoms with Gasteiger partial charge in [0.15, 0.2) is 0 Å². The highest BCUT2D eigenvalue weighted by atomic mass is 35.5. The molecule has 0 unspecified atom stereocenters. The molecule has 0 amide bonds. The number of hydrogen-bond donors (Lipinski definition) is 0. The van der Waals surface area contributed by atoms with E-state index in [4.69, 9.17) is 11.6 Å². The van der Waals surface area contributed by atoms with Crippen LogP contribution in [-0.4, -0.2) is 0 Å². The van der Waals surface area contributed by atoms with Gasteiger partial charge in [-0.25, -0.2) is 0 Å². The van der Waals surface area contributed by atoms with Crippen molar-refractivity contribution in [3.63, 3.8) is 0 Å². The third-order valence-electron chi connectivity index (χ3n) is 3.56. The molecule has 0 aliphatic carbocycles. The highest BCUT2D eigenvalue weighted by Gasteiger charge is 1.93. The van der Waals surface area contributed by atoms with Crippen molar-refractivity contribution in [1.29, 1.82) is 0 Å². The molecule has 108 valence electrons. The van der Waals surface area contributed by atoms with Crippen molar-refractivity contribution in [1.82, 2.24) is 0 Å². The first-order valence-corrected chi connectivity index (χ1v) is 8.60. The summed E-state index contributed by atoms with van der Waals surface area (Å²) in [6, 6.07) is 0. The molecular weight excluding hydrogens is 240 g/mol. The number of halogens is 1. The van der Waals surface area contributed by atoms with Crippen LogP contribution in [0.4, 0.5) is 0 Å². The molecule has 0 aromatic carbocycles. The minimum atomic E-state index is 1.15. The number of unbranched alkanes of at least 4 members (excludes halogenated alkanes) is 13. The molecule has 0 saturated heterocycles. The molecule has 0 spiro atoms. The van der Waals surface area contributed by atoms with Crippen molar-refractivity contribution < 1.29 is 0 Å². The molecule has 0 heterocycles. The van der Waals surface area contributed by atoms with E-state index in [1.165, 1.54) is 83.5 Å². The van der Waals surface area contributed by atoms with E-state index in [0.29, 0.717) is 0 Å². The van der Waals surface area contributed by atoms with Crippen molar-refractivity contribution in [2.75, 3.05) is 0 Å². The van der Waals surface area contributed by atoms with Gasteiger partial charge in [-0.05, 0) is 12.8 Å². The normalized spacial score (nSPS) is 11.4. The maximum atomic E-state index is 5.47. The van der Waals surface area contributed by atoms with Crippen LogP contribution < -0.4 is 0 Å². The van der Waals surface area contributed by atoms with Crippen LogP contribution in [0.3, 0.4) is 0 Å². The Labute approximate surface area is 120 Å². The van der Waals surface area contributed by atoms with Crippen LogP contribution in [0.2, 0.25) is 0 Å². The summed E-state index contributed by atoms with van der Waals surface area (Å²) in [6.45, 7) is 2.28. The fourth-order valence-electron chi connectivity index (χ4n) is 2.34. The summed E-state index contributed by atoms with van der Waals surface area (Å²) in [5.41, 5.74) is 1.64. The minimum absolute atomic E-state index is 1.15. The van der Waals surface area contributed by atoms with Crippen molar-refractivity contribution in [2.45, 2.75) is 96.8 Å². The Balaban J connectivity index is 2.90. The van der Waals surface area contributed by atoms with Gasteiger partial charge in [0.25, 0.3) is 0 Å². The average molecular weight is 273 g/mol. The predicted octanol–water partition coefficient (Wildman–Crippen LogP) is 7.22. The second kappa shape index (κ2) is 17.0. The second-order valence-corrected chi connectivity index (χ2v) is 5.64. The minimum Gasteiger partial charge on any atom is -0.0933 e. The van der Waals surface area contributed by atoms with Crippen molar-refractivity contribution >= 4 is 11.6 Å². The molecule has 0 fully saturated rings. The summed E-state index contributed by atoms with van der Waals surface area (Å²) in [7, 11) is 0. The van der Waals surface area contributed by atoms with E-state index >= 15 is 0 Å². The van der Waals surface area contributed by atoms with E-state index < -0.39 is 0 Å². The quantitative estimate of drug-likeness (QED) is 0.293. The first kappa shape index (κ1) is 18.0. The molecule has 0 atom stereocenters. The maximum absolute atomic E-state index is 5.47. The summed E-state index contributed by atoms with van der Waals surface area (Å²) in [5.74, 6) is 0. The van der Waals surface area contributed by atoms with Gasteiger partial charge in [-0.15, -0.1) is 0 Å². The largest absolute Gasteiger partial charge is 0.0933 e. The summed E-state index contributed by atoms with van der Waals surface area (Å²) in [5, 5.41) is 0. The maximum Gasteiger partial charge on any atom is 0.000245 e. The molecule has 0 radical (unpaired) electrons. The molecule has 0 aromatic rings. The molecular formula is C17H33Cl. The zero-order valence-corrected chi connectivity index (χ0v) is 13.2. The Morgan fingerprint density at radius 1 is 0.611 bits per heavy atom. The molecule has 18 heavy (non-hydrogen) atoms. The summed E-state index contributed by atoms with van der Waals surface area (Å²) in [6.07, 6.45) is 21.7. The van der Waals surface area contributed by atoms with Gasteiger partial charge in [-0.1, -0.05) is 102 Å². The monoisotopic (exact) mass is 272 g/mol. The Bertz CT molecular complexity index is 163. The lowest BCUT2D eigenvalue weighted by Gasteiger charge is -2.02. The number of allylic oxidation sites excluding steroid dienone is 1. The van der Waals surface area contributed by atoms with E-state index in [0.717, 1.165) is 6.42 Å². The van der Waals surface area contributed by atoms with Crippen LogP contribution in [0.1, 0.15) is 96.8 Å². The van der Waals surface area contributed by atoms with Crippen LogP contribution in [-0.2, 0) is 0 Å². The van der Waals surface area contributed by atoms with Gasteiger partial charge in [0, 0.05) is 5.54 Å². The lowest BCUT2D eigenvalue weighted by molar-refractivity contribution is 0.540. The van der Waals surface area contributed by atoms with Gasteiger partial charge in [0.2, 0.25) is 0 Å².